The Kier molecular flexibility index (Phi) is 4.00. The molecule has 0 saturated heterocycles. The molecule has 0 bridgehead atoms. The number of hydrogen-bond acceptors (Lipinski definition) is 3. The number of alkyl halides is 1. The third-order valence-corrected chi connectivity index (χ3v) is 4.34. The van der Waals surface area contributed by atoms with Crippen molar-refractivity contribution < 1.29 is 0 Å². The number of thiazole rings is 1. The van der Waals surface area contributed by atoms with Crippen LogP contribution in [0, 0.1) is 0 Å². The van der Waals surface area contributed by atoms with Crippen LogP contribution in [0.25, 0.3) is 0 Å². The third-order valence-electron chi connectivity index (χ3n) is 3.11. The molecule has 1 fully saturated rings. The molecule has 1 aliphatic carbocycles. The highest BCUT2D eigenvalue weighted by Gasteiger charge is 2.21. The zero-order valence-electron chi connectivity index (χ0n) is 9.08. The number of hydrogen-bond donors (Lipinski definition) is 0. The second-order valence-corrected chi connectivity index (χ2v) is 5.39. The summed E-state index contributed by atoms with van der Waals surface area (Å²) in [5.41, 5.74) is 1.02. The monoisotopic (exact) mass is 244 g/mol. The first-order valence-electron chi connectivity index (χ1n) is 5.49. The van der Waals surface area contributed by atoms with Crippen LogP contribution in [-0.4, -0.2) is 29.5 Å². The van der Waals surface area contributed by atoms with Crippen molar-refractivity contribution in [3.63, 3.8) is 0 Å². The average Bonchev–Trinajstić information content (AvgIpc) is 2.59. The molecule has 15 heavy (non-hydrogen) atoms. The van der Waals surface area contributed by atoms with Crippen LogP contribution in [0.15, 0.2) is 5.38 Å². The Morgan fingerprint density at radius 3 is 2.93 bits per heavy atom. The number of aromatic nitrogens is 1. The van der Waals surface area contributed by atoms with Crippen LogP contribution in [0.5, 0.6) is 0 Å². The molecular formula is C11H17ClN2S. The minimum Gasteiger partial charge on any atom is -0.303 e. The summed E-state index contributed by atoms with van der Waals surface area (Å²) in [5, 5.41) is 3.28. The lowest BCUT2D eigenvalue weighted by molar-refractivity contribution is 0.161. The van der Waals surface area contributed by atoms with Crippen LogP contribution in [0.3, 0.4) is 0 Å². The highest BCUT2D eigenvalue weighted by atomic mass is 35.5. The van der Waals surface area contributed by atoms with Gasteiger partial charge in [-0.15, -0.1) is 22.9 Å². The number of halogens is 1. The van der Waals surface area contributed by atoms with Crippen molar-refractivity contribution in [3.8, 4) is 0 Å². The fourth-order valence-electron chi connectivity index (χ4n) is 1.81. The maximum atomic E-state index is 5.72. The van der Waals surface area contributed by atoms with Crippen molar-refractivity contribution in [2.75, 3.05) is 13.6 Å². The third kappa shape index (κ3) is 2.92. The average molecular weight is 245 g/mol. The molecule has 0 N–H and O–H groups in total. The molecule has 0 aliphatic heterocycles. The second kappa shape index (κ2) is 5.28. The molecule has 0 aromatic carbocycles. The van der Waals surface area contributed by atoms with E-state index in [0.717, 1.165) is 24.7 Å². The van der Waals surface area contributed by atoms with E-state index in [1.807, 2.05) is 0 Å². The molecule has 2 rings (SSSR count). The number of nitrogens with zero attached hydrogens (tertiary/aromatic N) is 2. The summed E-state index contributed by atoms with van der Waals surface area (Å²) in [6.45, 7) is 1.12. The van der Waals surface area contributed by atoms with Crippen molar-refractivity contribution in [3.05, 3.63) is 16.1 Å². The lowest BCUT2D eigenvalue weighted by Crippen LogP contribution is -2.38. The fraction of sp³-hybridized carbons (Fsp3) is 0.727. The number of likely N-dealkylation sites (N-methyl/N-ethyl adjacent to an activating group) is 1. The van der Waals surface area contributed by atoms with Gasteiger partial charge in [0.05, 0.1) is 16.6 Å². The molecule has 1 saturated carbocycles. The Balaban J connectivity index is 1.76. The van der Waals surface area contributed by atoms with E-state index in [1.165, 1.54) is 24.3 Å². The molecule has 1 heterocycles. The van der Waals surface area contributed by atoms with E-state index in [1.54, 1.807) is 11.3 Å². The molecule has 4 heteroatoms. The summed E-state index contributed by atoms with van der Waals surface area (Å²) < 4.78 is 0. The normalized spacial score (nSPS) is 17.0. The SMILES string of the molecule is CN(CCc1nc(CCl)cs1)C1CCC1. The first-order chi connectivity index (χ1) is 7.29. The van der Waals surface area contributed by atoms with E-state index in [0.29, 0.717) is 5.88 Å². The minimum absolute atomic E-state index is 0.537. The Hall–Kier alpha value is -0.120. The van der Waals surface area contributed by atoms with Crippen LogP contribution in [0.2, 0.25) is 0 Å². The largest absolute Gasteiger partial charge is 0.303 e. The maximum Gasteiger partial charge on any atom is 0.0941 e. The highest BCUT2D eigenvalue weighted by molar-refractivity contribution is 7.09. The predicted molar refractivity (Wildman–Crippen MR) is 65.6 cm³/mol. The summed E-state index contributed by atoms with van der Waals surface area (Å²) in [7, 11) is 2.22. The van der Waals surface area contributed by atoms with Gasteiger partial charge in [0.25, 0.3) is 0 Å². The molecule has 1 aromatic heterocycles. The van der Waals surface area contributed by atoms with Crippen LogP contribution in [0.1, 0.15) is 30.0 Å². The van der Waals surface area contributed by atoms with Gasteiger partial charge < -0.3 is 4.90 Å². The molecular weight excluding hydrogens is 228 g/mol. The molecule has 84 valence electrons. The Bertz CT molecular complexity index is 309. The van der Waals surface area contributed by atoms with Gasteiger partial charge in [0.2, 0.25) is 0 Å². The van der Waals surface area contributed by atoms with Crippen molar-refractivity contribution in [2.45, 2.75) is 37.6 Å². The highest BCUT2D eigenvalue weighted by Crippen LogP contribution is 2.23. The Morgan fingerprint density at radius 2 is 2.40 bits per heavy atom. The molecule has 0 spiro atoms. The van der Waals surface area contributed by atoms with E-state index in [-0.39, 0.29) is 0 Å². The smallest absolute Gasteiger partial charge is 0.0941 e. The van der Waals surface area contributed by atoms with Gasteiger partial charge in [-0.1, -0.05) is 6.42 Å². The molecule has 2 nitrogen and oxygen atoms in total. The van der Waals surface area contributed by atoms with Gasteiger partial charge in [-0.2, -0.15) is 0 Å². The maximum absolute atomic E-state index is 5.72. The van der Waals surface area contributed by atoms with Crippen molar-refractivity contribution in [2.24, 2.45) is 0 Å². The van der Waals surface area contributed by atoms with Crippen molar-refractivity contribution >= 4 is 22.9 Å². The van der Waals surface area contributed by atoms with E-state index in [4.69, 9.17) is 11.6 Å². The Labute approximate surface area is 100 Å². The van der Waals surface area contributed by atoms with Gasteiger partial charge in [-0.05, 0) is 19.9 Å². The lowest BCUT2D eigenvalue weighted by Gasteiger charge is -2.34. The standard InChI is InChI=1S/C11H17ClN2S/c1-14(10-3-2-4-10)6-5-11-13-9(7-12)8-15-11/h8,10H,2-7H2,1H3. The van der Waals surface area contributed by atoms with Crippen molar-refractivity contribution in [1.82, 2.24) is 9.88 Å². The molecule has 0 radical (unpaired) electrons. The van der Waals surface area contributed by atoms with Gasteiger partial charge in [0.1, 0.15) is 0 Å². The van der Waals surface area contributed by atoms with Crippen LogP contribution >= 0.6 is 22.9 Å². The van der Waals surface area contributed by atoms with Crippen LogP contribution in [0.4, 0.5) is 0 Å². The zero-order chi connectivity index (χ0) is 10.7. The van der Waals surface area contributed by atoms with Gasteiger partial charge in [-0.25, -0.2) is 4.98 Å². The topological polar surface area (TPSA) is 16.1 Å². The summed E-state index contributed by atoms with van der Waals surface area (Å²) in [4.78, 5) is 6.93. The summed E-state index contributed by atoms with van der Waals surface area (Å²) >= 11 is 7.45. The van der Waals surface area contributed by atoms with Crippen molar-refractivity contribution in [1.29, 1.82) is 0 Å². The van der Waals surface area contributed by atoms with Crippen LogP contribution < -0.4 is 0 Å². The van der Waals surface area contributed by atoms with Gasteiger partial charge in [-0.3, -0.25) is 0 Å². The van der Waals surface area contributed by atoms with E-state index >= 15 is 0 Å². The molecule has 0 amide bonds. The zero-order valence-corrected chi connectivity index (χ0v) is 10.7. The van der Waals surface area contributed by atoms with E-state index in [2.05, 4.69) is 22.3 Å². The van der Waals surface area contributed by atoms with E-state index in [9.17, 15) is 0 Å². The summed E-state index contributed by atoms with van der Waals surface area (Å²) in [6.07, 6.45) is 5.22. The van der Waals surface area contributed by atoms with Gasteiger partial charge >= 0.3 is 0 Å². The summed E-state index contributed by atoms with van der Waals surface area (Å²) in [5.74, 6) is 0.537. The first-order valence-corrected chi connectivity index (χ1v) is 6.90. The quantitative estimate of drug-likeness (QED) is 0.741. The number of rotatable bonds is 5. The molecule has 0 unspecified atom stereocenters. The first kappa shape index (κ1) is 11.4. The molecule has 1 aromatic rings. The van der Waals surface area contributed by atoms with Gasteiger partial charge in [0.15, 0.2) is 0 Å². The predicted octanol–water partition coefficient (Wildman–Crippen LogP) is 2.91. The van der Waals surface area contributed by atoms with E-state index < -0.39 is 0 Å². The van der Waals surface area contributed by atoms with Crippen LogP contribution in [-0.2, 0) is 12.3 Å². The fourth-order valence-corrected chi connectivity index (χ4v) is 2.82. The second-order valence-electron chi connectivity index (χ2n) is 4.18. The van der Waals surface area contributed by atoms with Gasteiger partial charge in [0, 0.05) is 24.4 Å². The lowest BCUT2D eigenvalue weighted by atomic mass is 9.92. The molecule has 1 aliphatic rings. The minimum atomic E-state index is 0.537. The molecule has 0 atom stereocenters. The summed E-state index contributed by atoms with van der Waals surface area (Å²) in [6, 6.07) is 0.831. The Morgan fingerprint density at radius 1 is 1.60 bits per heavy atom.